The summed E-state index contributed by atoms with van der Waals surface area (Å²) in [6, 6.07) is 13.5. The number of furan rings is 1. The Morgan fingerprint density at radius 1 is 1.19 bits per heavy atom. The summed E-state index contributed by atoms with van der Waals surface area (Å²) in [4.78, 5) is 12.2. The van der Waals surface area contributed by atoms with E-state index in [9.17, 15) is 9.90 Å². The number of hydrogen-bond donors (Lipinski definition) is 2. The largest absolute Gasteiger partial charge is 0.506 e. The summed E-state index contributed by atoms with van der Waals surface area (Å²) in [5, 5.41) is 13.0. The number of fused-ring (bicyclic) bond motifs is 1. The molecule has 0 atom stereocenters. The number of carbonyl (C=O) groups excluding carboxylic acids is 1. The van der Waals surface area contributed by atoms with E-state index in [1.807, 2.05) is 12.1 Å². The number of methoxy groups -OCH3 is 1. The zero-order valence-corrected chi connectivity index (χ0v) is 11.3. The Hall–Kier alpha value is -2.95. The predicted molar refractivity (Wildman–Crippen MR) is 78.8 cm³/mol. The Morgan fingerprint density at radius 2 is 2.00 bits per heavy atom. The molecule has 0 bridgehead atoms. The Bertz CT molecular complexity index is 807. The van der Waals surface area contributed by atoms with E-state index in [1.54, 1.807) is 37.4 Å². The highest BCUT2D eigenvalue weighted by atomic mass is 16.5. The fourth-order valence-corrected chi connectivity index (χ4v) is 2.07. The summed E-state index contributed by atoms with van der Waals surface area (Å²) in [6.45, 7) is 0. The fraction of sp³-hybridized carbons (Fsp3) is 0.0625. The molecule has 0 radical (unpaired) electrons. The molecule has 0 aliphatic rings. The van der Waals surface area contributed by atoms with Gasteiger partial charge >= 0.3 is 0 Å². The van der Waals surface area contributed by atoms with Crippen molar-refractivity contribution in [3.05, 3.63) is 54.3 Å². The molecule has 5 heteroatoms. The van der Waals surface area contributed by atoms with Gasteiger partial charge in [0.25, 0.3) is 5.91 Å². The van der Waals surface area contributed by atoms with E-state index < -0.39 is 5.91 Å². The van der Waals surface area contributed by atoms with Crippen molar-refractivity contribution < 1.29 is 19.1 Å². The number of nitrogens with one attached hydrogen (secondary N) is 1. The average Bonchev–Trinajstić information content (AvgIpc) is 2.93. The molecule has 2 N–H and O–H groups in total. The van der Waals surface area contributed by atoms with Crippen molar-refractivity contribution in [3.8, 4) is 11.5 Å². The zero-order valence-electron chi connectivity index (χ0n) is 11.3. The molecule has 0 unspecified atom stereocenters. The number of carbonyl (C=O) groups is 1. The van der Waals surface area contributed by atoms with E-state index in [0.29, 0.717) is 17.0 Å². The number of hydrogen-bond acceptors (Lipinski definition) is 4. The van der Waals surface area contributed by atoms with Gasteiger partial charge in [-0.05, 0) is 24.3 Å². The molecule has 106 valence electrons. The van der Waals surface area contributed by atoms with Gasteiger partial charge in [-0.1, -0.05) is 24.3 Å². The Balaban J connectivity index is 1.93. The maximum absolute atomic E-state index is 12.2. The van der Waals surface area contributed by atoms with Gasteiger partial charge in [0.05, 0.1) is 12.8 Å². The third kappa shape index (κ3) is 2.41. The van der Waals surface area contributed by atoms with Gasteiger partial charge in [-0.25, -0.2) is 0 Å². The lowest BCUT2D eigenvalue weighted by molar-refractivity contribution is 0.0998. The third-order valence-corrected chi connectivity index (χ3v) is 3.10. The molecule has 1 amide bonds. The average molecular weight is 283 g/mol. The zero-order chi connectivity index (χ0) is 14.8. The van der Waals surface area contributed by atoms with E-state index in [-0.39, 0.29) is 11.5 Å². The molecule has 0 aliphatic carbocycles. The molecule has 1 heterocycles. The van der Waals surface area contributed by atoms with Gasteiger partial charge in [0, 0.05) is 5.39 Å². The number of ether oxygens (including phenoxy) is 1. The lowest BCUT2D eigenvalue weighted by atomic mass is 10.2. The molecule has 3 aromatic rings. The van der Waals surface area contributed by atoms with Crippen LogP contribution in [-0.4, -0.2) is 18.1 Å². The molecule has 0 saturated heterocycles. The second-order valence-electron chi connectivity index (χ2n) is 4.46. The van der Waals surface area contributed by atoms with Crippen LogP contribution in [0.4, 0.5) is 5.69 Å². The van der Waals surface area contributed by atoms with Gasteiger partial charge in [0.2, 0.25) is 0 Å². The van der Waals surface area contributed by atoms with Crippen LogP contribution in [-0.2, 0) is 0 Å². The number of anilines is 1. The van der Waals surface area contributed by atoms with E-state index >= 15 is 0 Å². The van der Waals surface area contributed by atoms with Crippen LogP contribution >= 0.6 is 0 Å². The molecule has 0 fully saturated rings. The second kappa shape index (κ2) is 5.20. The summed E-state index contributed by atoms with van der Waals surface area (Å²) in [5.41, 5.74) is 0.845. The molecule has 3 rings (SSSR count). The molecule has 0 saturated carbocycles. The monoisotopic (exact) mass is 283 g/mol. The quantitative estimate of drug-likeness (QED) is 0.723. The lowest BCUT2D eigenvalue weighted by Gasteiger charge is -2.04. The summed E-state index contributed by atoms with van der Waals surface area (Å²) in [7, 11) is 1.54. The molecular weight excluding hydrogens is 270 g/mol. The van der Waals surface area contributed by atoms with Crippen LogP contribution in [0.5, 0.6) is 11.5 Å². The molecule has 2 aromatic carbocycles. The van der Waals surface area contributed by atoms with Crippen LogP contribution in [0.3, 0.4) is 0 Å². The van der Waals surface area contributed by atoms with Crippen molar-refractivity contribution in [1.82, 2.24) is 0 Å². The van der Waals surface area contributed by atoms with E-state index in [2.05, 4.69) is 5.32 Å². The minimum absolute atomic E-state index is 0.000424. The maximum atomic E-state index is 12.2. The van der Waals surface area contributed by atoms with Crippen molar-refractivity contribution in [2.45, 2.75) is 0 Å². The lowest BCUT2D eigenvalue weighted by Crippen LogP contribution is -2.10. The van der Waals surface area contributed by atoms with Gasteiger partial charge in [-0.15, -0.1) is 0 Å². The third-order valence-electron chi connectivity index (χ3n) is 3.10. The standard InChI is InChI=1S/C16H13NO4/c1-20-13-8-4-5-10-9-14(21-15(10)13)16(19)17-11-6-2-3-7-12(11)18/h2-9,18H,1H3,(H,17,19). The van der Waals surface area contributed by atoms with Crippen LogP contribution in [0.1, 0.15) is 10.6 Å². The van der Waals surface area contributed by atoms with E-state index in [1.165, 1.54) is 6.07 Å². The number of aromatic hydroxyl groups is 1. The van der Waals surface area contributed by atoms with Crippen molar-refractivity contribution >= 4 is 22.6 Å². The minimum Gasteiger partial charge on any atom is -0.506 e. The van der Waals surface area contributed by atoms with Crippen LogP contribution in [0.2, 0.25) is 0 Å². The maximum Gasteiger partial charge on any atom is 0.291 e. The summed E-state index contributed by atoms with van der Waals surface area (Å²) < 4.78 is 10.7. The van der Waals surface area contributed by atoms with Crippen molar-refractivity contribution in [1.29, 1.82) is 0 Å². The van der Waals surface area contributed by atoms with E-state index in [0.717, 1.165) is 5.39 Å². The van der Waals surface area contributed by atoms with E-state index in [4.69, 9.17) is 9.15 Å². The molecule has 1 aromatic heterocycles. The number of para-hydroxylation sites is 3. The number of amides is 1. The topological polar surface area (TPSA) is 71.7 Å². The van der Waals surface area contributed by atoms with Gasteiger partial charge in [-0.3, -0.25) is 4.79 Å². The Kier molecular flexibility index (Phi) is 3.23. The van der Waals surface area contributed by atoms with Crippen LogP contribution in [0.15, 0.2) is 52.9 Å². The second-order valence-corrected chi connectivity index (χ2v) is 4.46. The highest BCUT2D eigenvalue weighted by molar-refractivity contribution is 6.05. The van der Waals surface area contributed by atoms with Crippen LogP contribution < -0.4 is 10.1 Å². The first-order valence-corrected chi connectivity index (χ1v) is 6.35. The molecule has 0 spiro atoms. The summed E-state index contributed by atoms with van der Waals surface area (Å²) >= 11 is 0. The summed E-state index contributed by atoms with van der Waals surface area (Å²) in [5.74, 6) is 0.279. The van der Waals surface area contributed by atoms with Crippen LogP contribution in [0.25, 0.3) is 11.0 Å². The molecular formula is C16H13NO4. The number of rotatable bonds is 3. The smallest absolute Gasteiger partial charge is 0.291 e. The fourth-order valence-electron chi connectivity index (χ4n) is 2.07. The first-order chi connectivity index (χ1) is 10.2. The van der Waals surface area contributed by atoms with Crippen molar-refractivity contribution in [3.63, 3.8) is 0 Å². The Morgan fingerprint density at radius 3 is 2.76 bits per heavy atom. The highest BCUT2D eigenvalue weighted by Crippen LogP contribution is 2.29. The van der Waals surface area contributed by atoms with Crippen molar-refractivity contribution in [2.24, 2.45) is 0 Å². The number of phenolic OH excluding ortho intramolecular Hbond substituents is 1. The molecule has 21 heavy (non-hydrogen) atoms. The van der Waals surface area contributed by atoms with Gasteiger partial charge in [0.1, 0.15) is 5.75 Å². The van der Waals surface area contributed by atoms with Gasteiger partial charge < -0.3 is 19.6 Å². The molecule has 5 nitrogen and oxygen atoms in total. The van der Waals surface area contributed by atoms with Gasteiger partial charge in [-0.2, -0.15) is 0 Å². The number of benzene rings is 2. The predicted octanol–water partition coefficient (Wildman–Crippen LogP) is 3.40. The first kappa shape index (κ1) is 13.1. The SMILES string of the molecule is COc1cccc2cc(C(=O)Nc3ccccc3O)oc12. The highest BCUT2D eigenvalue weighted by Gasteiger charge is 2.15. The first-order valence-electron chi connectivity index (χ1n) is 6.35. The Labute approximate surface area is 120 Å². The van der Waals surface area contributed by atoms with Gasteiger partial charge in [0.15, 0.2) is 17.1 Å². The van der Waals surface area contributed by atoms with Crippen LogP contribution in [0, 0.1) is 0 Å². The number of phenols is 1. The summed E-state index contributed by atoms with van der Waals surface area (Å²) in [6.07, 6.45) is 0. The minimum atomic E-state index is -0.435. The molecule has 0 aliphatic heterocycles. The van der Waals surface area contributed by atoms with Crippen molar-refractivity contribution in [2.75, 3.05) is 12.4 Å². The normalized spacial score (nSPS) is 10.5.